The zero-order chi connectivity index (χ0) is 14.7. The maximum absolute atomic E-state index is 10.8. The highest BCUT2D eigenvalue weighted by atomic mass is 35.5. The first kappa shape index (κ1) is 14.1. The lowest BCUT2D eigenvalue weighted by atomic mass is 10.2. The Morgan fingerprint density at radius 1 is 1.25 bits per heavy atom. The van der Waals surface area contributed by atoms with Gasteiger partial charge in [0.15, 0.2) is 0 Å². The fraction of sp³-hybridized carbons (Fsp3) is 0.143. The number of halogens is 1. The average molecular weight is 292 g/mol. The molecule has 0 radical (unpaired) electrons. The van der Waals surface area contributed by atoms with Gasteiger partial charge in [-0.25, -0.2) is 0 Å². The molecule has 2 aromatic carbocycles. The summed E-state index contributed by atoms with van der Waals surface area (Å²) in [4.78, 5) is 12.3. The summed E-state index contributed by atoms with van der Waals surface area (Å²) in [5.74, 6) is 0. The van der Waals surface area contributed by atoms with Crippen LogP contribution in [0.25, 0.3) is 0 Å². The van der Waals surface area contributed by atoms with Gasteiger partial charge in [-0.15, -0.1) is 0 Å². The summed E-state index contributed by atoms with van der Waals surface area (Å²) >= 11 is 5.84. The number of hydrogen-bond acceptors (Lipinski definition) is 4. The van der Waals surface area contributed by atoms with E-state index in [-0.39, 0.29) is 5.69 Å². The fourth-order valence-electron chi connectivity index (χ4n) is 1.90. The third kappa shape index (κ3) is 3.39. The quantitative estimate of drug-likeness (QED) is 0.532. The molecule has 20 heavy (non-hydrogen) atoms. The van der Waals surface area contributed by atoms with Crippen LogP contribution in [0.1, 0.15) is 5.56 Å². The van der Waals surface area contributed by atoms with Gasteiger partial charge in [-0.3, -0.25) is 10.1 Å². The highest BCUT2D eigenvalue weighted by Crippen LogP contribution is 2.25. The van der Waals surface area contributed by atoms with E-state index in [0.717, 1.165) is 5.56 Å². The molecule has 0 aliphatic heterocycles. The molecule has 6 heteroatoms. The van der Waals surface area contributed by atoms with Crippen LogP contribution < -0.4 is 10.6 Å². The van der Waals surface area contributed by atoms with Crippen molar-refractivity contribution in [1.29, 1.82) is 0 Å². The second-order valence-corrected chi connectivity index (χ2v) is 4.96. The van der Waals surface area contributed by atoms with Crippen molar-refractivity contribution in [2.75, 3.05) is 17.7 Å². The number of nitro benzene ring substituents is 1. The van der Waals surface area contributed by atoms with Gasteiger partial charge in [-0.2, -0.15) is 0 Å². The first-order chi connectivity index (χ1) is 9.45. The summed E-state index contributed by atoms with van der Waals surface area (Å²) in [7, 11) is 1.85. The second kappa shape index (κ2) is 5.79. The van der Waals surface area contributed by atoms with E-state index in [0.29, 0.717) is 22.9 Å². The molecule has 0 saturated carbocycles. The highest BCUT2D eigenvalue weighted by Gasteiger charge is 2.11. The topological polar surface area (TPSA) is 72.4 Å². The van der Waals surface area contributed by atoms with Gasteiger partial charge in [0.2, 0.25) is 0 Å². The summed E-state index contributed by atoms with van der Waals surface area (Å²) in [6.45, 7) is 0.609. The van der Waals surface area contributed by atoms with Crippen LogP contribution in [0.2, 0.25) is 5.02 Å². The number of nitrogen functional groups attached to an aromatic ring is 1. The molecule has 0 unspecified atom stereocenters. The predicted molar refractivity (Wildman–Crippen MR) is 81.1 cm³/mol. The Morgan fingerprint density at radius 2 is 1.90 bits per heavy atom. The van der Waals surface area contributed by atoms with Gasteiger partial charge in [-0.05, 0) is 23.8 Å². The van der Waals surface area contributed by atoms with Gasteiger partial charge in [0.1, 0.15) is 0 Å². The van der Waals surface area contributed by atoms with Crippen molar-refractivity contribution in [2.45, 2.75) is 6.54 Å². The van der Waals surface area contributed by atoms with Crippen molar-refractivity contribution in [2.24, 2.45) is 0 Å². The zero-order valence-corrected chi connectivity index (χ0v) is 11.7. The molecule has 0 amide bonds. The van der Waals surface area contributed by atoms with Crippen LogP contribution in [0.4, 0.5) is 17.1 Å². The molecule has 2 N–H and O–H groups in total. The Labute approximate surface area is 121 Å². The lowest BCUT2D eigenvalue weighted by Crippen LogP contribution is -2.16. The molecule has 0 heterocycles. The first-order valence-electron chi connectivity index (χ1n) is 5.96. The Balaban J connectivity index is 2.22. The van der Waals surface area contributed by atoms with Crippen LogP contribution >= 0.6 is 11.6 Å². The van der Waals surface area contributed by atoms with Crippen LogP contribution in [0.5, 0.6) is 0 Å². The van der Waals surface area contributed by atoms with Crippen LogP contribution in [0.3, 0.4) is 0 Å². The molecular formula is C14H14ClN3O2. The van der Waals surface area contributed by atoms with E-state index in [1.54, 1.807) is 6.07 Å². The molecule has 0 aliphatic rings. The minimum absolute atomic E-state index is 0.0112. The maximum Gasteiger partial charge on any atom is 0.273 e. The number of nitrogens with zero attached hydrogens (tertiary/aromatic N) is 2. The average Bonchev–Trinajstić information content (AvgIpc) is 2.40. The van der Waals surface area contributed by atoms with Gasteiger partial charge >= 0.3 is 0 Å². The molecule has 104 valence electrons. The molecule has 0 aliphatic carbocycles. The molecule has 0 aromatic heterocycles. The Morgan fingerprint density at radius 3 is 2.50 bits per heavy atom. The van der Waals surface area contributed by atoms with E-state index in [1.165, 1.54) is 12.1 Å². The number of non-ortho nitro benzene ring substituents is 1. The molecule has 2 aromatic rings. The van der Waals surface area contributed by atoms with Crippen molar-refractivity contribution in [3.8, 4) is 0 Å². The Hall–Kier alpha value is -2.27. The molecular weight excluding hydrogens is 278 g/mol. The summed E-state index contributed by atoms with van der Waals surface area (Å²) in [5, 5.41) is 11.5. The zero-order valence-electron chi connectivity index (χ0n) is 10.9. The SMILES string of the molecule is CN(Cc1ccc(Cl)cc1)c1cc(N)cc([N+](=O)[O-])c1. The van der Waals surface area contributed by atoms with Gasteiger partial charge in [0.05, 0.1) is 4.92 Å². The molecule has 0 saturated heterocycles. The number of benzene rings is 2. The standard InChI is InChI=1S/C14H14ClN3O2/c1-17(9-10-2-4-11(15)5-3-10)13-6-12(16)7-14(8-13)18(19)20/h2-8H,9,16H2,1H3. The Bertz CT molecular complexity index is 629. The van der Waals surface area contributed by atoms with E-state index >= 15 is 0 Å². The highest BCUT2D eigenvalue weighted by molar-refractivity contribution is 6.30. The smallest absolute Gasteiger partial charge is 0.273 e. The normalized spacial score (nSPS) is 10.3. The largest absolute Gasteiger partial charge is 0.398 e. The van der Waals surface area contributed by atoms with Gasteiger partial charge in [-0.1, -0.05) is 23.7 Å². The number of anilines is 2. The summed E-state index contributed by atoms with van der Waals surface area (Å²) in [6, 6.07) is 12.0. The van der Waals surface area contributed by atoms with Crippen LogP contribution in [0, 0.1) is 10.1 Å². The summed E-state index contributed by atoms with van der Waals surface area (Å²) < 4.78 is 0. The number of nitrogens with two attached hydrogens (primary N) is 1. The van der Waals surface area contributed by atoms with Crippen LogP contribution in [0.15, 0.2) is 42.5 Å². The molecule has 0 spiro atoms. The van der Waals surface area contributed by atoms with Crippen LogP contribution in [-0.4, -0.2) is 12.0 Å². The molecule has 0 bridgehead atoms. The third-order valence-electron chi connectivity index (χ3n) is 2.91. The minimum atomic E-state index is -0.448. The van der Waals surface area contributed by atoms with Gasteiger partial charge < -0.3 is 10.6 Å². The van der Waals surface area contributed by atoms with Crippen molar-refractivity contribution < 1.29 is 4.92 Å². The lowest BCUT2D eigenvalue weighted by Gasteiger charge is -2.19. The fourth-order valence-corrected chi connectivity index (χ4v) is 2.02. The third-order valence-corrected chi connectivity index (χ3v) is 3.16. The van der Waals surface area contributed by atoms with E-state index in [1.807, 2.05) is 36.2 Å². The van der Waals surface area contributed by atoms with E-state index < -0.39 is 4.92 Å². The predicted octanol–water partition coefficient (Wildman–Crippen LogP) is 3.47. The summed E-state index contributed by atoms with van der Waals surface area (Å²) in [6.07, 6.45) is 0. The number of hydrogen-bond donors (Lipinski definition) is 1. The van der Waals surface area contributed by atoms with E-state index in [2.05, 4.69) is 0 Å². The monoisotopic (exact) mass is 291 g/mol. The second-order valence-electron chi connectivity index (χ2n) is 4.52. The van der Waals surface area contributed by atoms with Gasteiger partial charge in [0, 0.05) is 42.1 Å². The Kier molecular flexibility index (Phi) is 4.10. The summed E-state index contributed by atoms with van der Waals surface area (Å²) in [5.41, 5.74) is 7.82. The van der Waals surface area contributed by atoms with Crippen LogP contribution in [-0.2, 0) is 6.54 Å². The van der Waals surface area contributed by atoms with Crippen molar-refractivity contribution in [3.63, 3.8) is 0 Å². The molecule has 5 nitrogen and oxygen atoms in total. The maximum atomic E-state index is 10.8. The van der Waals surface area contributed by atoms with E-state index in [4.69, 9.17) is 17.3 Å². The molecule has 0 fully saturated rings. The van der Waals surface area contributed by atoms with Gasteiger partial charge in [0.25, 0.3) is 5.69 Å². The van der Waals surface area contributed by atoms with Crippen molar-refractivity contribution in [3.05, 3.63) is 63.2 Å². The van der Waals surface area contributed by atoms with E-state index in [9.17, 15) is 10.1 Å². The molecule has 0 atom stereocenters. The lowest BCUT2D eigenvalue weighted by molar-refractivity contribution is -0.384. The molecule has 2 rings (SSSR count). The number of rotatable bonds is 4. The van der Waals surface area contributed by atoms with Crippen molar-refractivity contribution >= 4 is 28.7 Å². The first-order valence-corrected chi connectivity index (χ1v) is 6.34. The minimum Gasteiger partial charge on any atom is -0.398 e. The van der Waals surface area contributed by atoms with Crippen molar-refractivity contribution in [1.82, 2.24) is 0 Å². The number of nitro groups is 1.